The predicted octanol–water partition coefficient (Wildman–Crippen LogP) is 0.970. The van der Waals surface area contributed by atoms with Gasteiger partial charge in [0.15, 0.2) is 0 Å². The molecule has 1 amide bonds. The number of ether oxygens (including phenoxy) is 1. The average molecular weight is 348 g/mol. The summed E-state index contributed by atoms with van der Waals surface area (Å²) < 4.78 is 5.56. The van der Waals surface area contributed by atoms with Gasteiger partial charge in [0.2, 0.25) is 0 Å². The first-order valence-electron chi connectivity index (χ1n) is 5.26. The summed E-state index contributed by atoms with van der Waals surface area (Å²) in [5, 5.41) is 0. The highest BCUT2D eigenvalue weighted by Crippen LogP contribution is 2.13. The van der Waals surface area contributed by atoms with E-state index in [1.54, 1.807) is 17.3 Å². The number of amides is 1. The van der Waals surface area contributed by atoms with Crippen molar-refractivity contribution in [2.24, 2.45) is 0 Å². The SMILES string of the molecule is COC(=O)N1CCN(c2cnc(I)cn2)CC1. The number of carbonyl (C=O) groups excluding carboxylic acids is 1. The van der Waals surface area contributed by atoms with E-state index in [1.807, 2.05) is 0 Å². The molecular formula is C10H13IN4O2. The van der Waals surface area contributed by atoms with Crippen LogP contribution in [0.15, 0.2) is 12.4 Å². The third-order valence-electron chi connectivity index (χ3n) is 2.64. The Balaban J connectivity index is 1.95. The molecule has 1 aliphatic rings. The maximum atomic E-state index is 11.3. The molecule has 1 aromatic heterocycles. The van der Waals surface area contributed by atoms with E-state index in [9.17, 15) is 4.79 Å². The molecule has 17 heavy (non-hydrogen) atoms. The van der Waals surface area contributed by atoms with Gasteiger partial charge in [-0.15, -0.1) is 0 Å². The number of anilines is 1. The van der Waals surface area contributed by atoms with Crippen molar-refractivity contribution >= 4 is 34.5 Å². The lowest BCUT2D eigenvalue weighted by molar-refractivity contribution is 0.121. The van der Waals surface area contributed by atoms with Crippen LogP contribution in [-0.4, -0.2) is 54.2 Å². The van der Waals surface area contributed by atoms with E-state index in [0.717, 1.165) is 22.6 Å². The fourth-order valence-electron chi connectivity index (χ4n) is 1.72. The molecule has 0 saturated carbocycles. The second-order valence-electron chi connectivity index (χ2n) is 3.64. The summed E-state index contributed by atoms with van der Waals surface area (Å²) in [6.07, 6.45) is 3.23. The van der Waals surface area contributed by atoms with Gasteiger partial charge in [-0.05, 0) is 22.6 Å². The van der Waals surface area contributed by atoms with Crippen LogP contribution in [0.3, 0.4) is 0 Å². The van der Waals surface area contributed by atoms with E-state index in [0.29, 0.717) is 13.1 Å². The highest BCUT2D eigenvalue weighted by Gasteiger charge is 2.22. The first-order chi connectivity index (χ1) is 8.20. The fraction of sp³-hybridized carbons (Fsp3) is 0.500. The maximum absolute atomic E-state index is 11.3. The number of aromatic nitrogens is 2. The van der Waals surface area contributed by atoms with Crippen LogP contribution in [0.5, 0.6) is 0 Å². The Morgan fingerprint density at radius 2 is 2.00 bits per heavy atom. The third kappa shape index (κ3) is 2.96. The van der Waals surface area contributed by atoms with Crippen molar-refractivity contribution in [3.63, 3.8) is 0 Å². The molecule has 1 saturated heterocycles. The average Bonchev–Trinajstić information content (AvgIpc) is 2.39. The Morgan fingerprint density at radius 3 is 2.53 bits per heavy atom. The molecule has 0 atom stereocenters. The molecule has 2 heterocycles. The minimum Gasteiger partial charge on any atom is -0.453 e. The van der Waals surface area contributed by atoms with E-state index in [-0.39, 0.29) is 6.09 Å². The van der Waals surface area contributed by atoms with Gasteiger partial charge in [-0.3, -0.25) is 0 Å². The molecule has 0 bridgehead atoms. The maximum Gasteiger partial charge on any atom is 0.409 e. The van der Waals surface area contributed by atoms with Crippen LogP contribution in [0.1, 0.15) is 0 Å². The van der Waals surface area contributed by atoms with E-state index in [1.165, 1.54) is 7.11 Å². The Labute approximate surface area is 113 Å². The lowest BCUT2D eigenvalue weighted by Crippen LogP contribution is -2.49. The van der Waals surface area contributed by atoms with Crippen LogP contribution in [0.2, 0.25) is 0 Å². The molecule has 2 rings (SSSR count). The van der Waals surface area contributed by atoms with Gasteiger partial charge in [-0.2, -0.15) is 0 Å². The molecule has 0 aliphatic carbocycles. The number of halogens is 1. The number of nitrogens with zero attached hydrogens (tertiary/aromatic N) is 4. The molecule has 1 aromatic rings. The number of hydrogen-bond acceptors (Lipinski definition) is 5. The summed E-state index contributed by atoms with van der Waals surface area (Å²) in [5.74, 6) is 0.856. The Kier molecular flexibility index (Phi) is 3.97. The normalized spacial score (nSPS) is 15.9. The third-order valence-corrected chi connectivity index (χ3v) is 3.20. The first kappa shape index (κ1) is 12.3. The fourth-order valence-corrected chi connectivity index (χ4v) is 1.99. The Bertz CT molecular complexity index is 390. The Hall–Kier alpha value is -1.12. The molecule has 92 valence electrons. The minimum absolute atomic E-state index is 0.265. The summed E-state index contributed by atoms with van der Waals surface area (Å²) in [6, 6.07) is 0. The summed E-state index contributed by atoms with van der Waals surface area (Å²) in [7, 11) is 1.40. The molecule has 1 fully saturated rings. The van der Waals surface area contributed by atoms with Crippen molar-refractivity contribution in [2.45, 2.75) is 0 Å². The van der Waals surface area contributed by atoms with Gasteiger partial charge in [0.05, 0.1) is 19.5 Å². The second-order valence-corrected chi connectivity index (χ2v) is 4.75. The largest absolute Gasteiger partial charge is 0.453 e. The van der Waals surface area contributed by atoms with Crippen molar-refractivity contribution in [1.82, 2.24) is 14.9 Å². The van der Waals surface area contributed by atoms with E-state index in [2.05, 4.69) is 42.2 Å². The van der Waals surface area contributed by atoms with Crippen molar-refractivity contribution in [1.29, 1.82) is 0 Å². The van der Waals surface area contributed by atoms with Crippen LogP contribution < -0.4 is 4.90 Å². The van der Waals surface area contributed by atoms with Crippen LogP contribution in [0.4, 0.5) is 10.6 Å². The van der Waals surface area contributed by atoms with Crippen molar-refractivity contribution in [3.8, 4) is 0 Å². The van der Waals surface area contributed by atoms with Crippen LogP contribution in [0, 0.1) is 3.70 Å². The number of hydrogen-bond donors (Lipinski definition) is 0. The predicted molar refractivity (Wildman–Crippen MR) is 70.9 cm³/mol. The molecule has 0 N–H and O–H groups in total. The summed E-state index contributed by atoms with van der Waals surface area (Å²) >= 11 is 2.12. The topological polar surface area (TPSA) is 58.6 Å². The van der Waals surface area contributed by atoms with E-state index < -0.39 is 0 Å². The highest BCUT2D eigenvalue weighted by molar-refractivity contribution is 14.1. The Morgan fingerprint density at radius 1 is 1.29 bits per heavy atom. The zero-order valence-corrected chi connectivity index (χ0v) is 11.6. The molecule has 0 radical (unpaired) electrons. The summed E-state index contributed by atoms with van der Waals surface area (Å²) in [6.45, 7) is 2.81. The van der Waals surface area contributed by atoms with Gasteiger partial charge in [-0.1, -0.05) is 0 Å². The lowest BCUT2D eigenvalue weighted by Gasteiger charge is -2.34. The standard InChI is InChI=1S/C10H13IN4O2/c1-17-10(16)15-4-2-14(3-5-15)9-7-12-8(11)6-13-9/h6-7H,2-5H2,1H3. The summed E-state index contributed by atoms with van der Waals surface area (Å²) in [5.41, 5.74) is 0. The van der Waals surface area contributed by atoms with Gasteiger partial charge in [-0.25, -0.2) is 14.8 Å². The van der Waals surface area contributed by atoms with Crippen LogP contribution in [-0.2, 0) is 4.74 Å². The van der Waals surface area contributed by atoms with Crippen molar-refractivity contribution in [3.05, 3.63) is 16.1 Å². The van der Waals surface area contributed by atoms with Crippen molar-refractivity contribution in [2.75, 3.05) is 38.2 Å². The molecule has 0 unspecified atom stereocenters. The van der Waals surface area contributed by atoms with Crippen LogP contribution in [0.25, 0.3) is 0 Å². The molecule has 0 spiro atoms. The molecule has 0 aromatic carbocycles. The van der Waals surface area contributed by atoms with Gasteiger partial charge in [0.1, 0.15) is 9.52 Å². The van der Waals surface area contributed by atoms with E-state index in [4.69, 9.17) is 0 Å². The van der Waals surface area contributed by atoms with Gasteiger partial charge in [0, 0.05) is 26.2 Å². The van der Waals surface area contributed by atoms with Gasteiger partial charge < -0.3 is 14.5 Å². The van der Waals surface area contributed by atoms with Crippen molar-refractivity contribution < 1.29 is 9.53 Å². The number of methoxy groups -OCH3 is 1. The van der Waals surface area contributed by atoms with Gasteiger partial charge >= 0.3 is 6.09 Å². The summed E-state index contributed by atoms with van der Waals surface area (Å²) in [4.78, 5) is 23.6. The zero-order chi connectivity index (χ0) is 12.3. The molecule has 1 aliphatic heterocycles. The zero-order valence-electron chi connectivity index (χ0n) is 9.47. The quantitative estimate of drug-likeness (QED) is 0.708. The monoisotopic (exact) mass is 348 g/mol. The van der Waals surface area contributed by atoms with E-state index >= 15 is 0 Å². The number of piperazine rings is 1. The number of carbonyl (C=O) groups is 1. The minimum atomic E-state index is -0.265. The highest BCUT2D eigenvalue weighted by atomic mass is 127. The number of rotatable bonds is 1. The van der Waals surface area contributed by atoms with Gasteiger partial charge in [0.25, 0.3) is 0 Å². The molecule has 6 nitrogen and oxygen atoms in total. The second kappa shape index (κ2) is 5.48. The molecular weight excluding hydrogens is 335 g/mol. The smallest absolute Gasteiger partial charge is 0.409 e. The lowest BCUT2D eigenvalue weighted by atomic mass is 10.3. The molecule has 7 heteroatoms. The first-order valence-corrected chi connectivity index (χ1v) is 6.34. The van der Waals surface area contributed by atoms with Crippen LogP contribution >= 0.6 is 22.6 Å².